The van der Waals surface area contributed by atoms with Crippen LogP contribution < -0.4 is 4.90 Å². The molecule has 2 rings (SSSR count). The van der Waals surface area contributed by atoms with Gasteiger partial charge in [0, 0.05) is 29.9 Å². The van der Waals surface area contributed by atoms with Crippen LogP contribution in [-0.2, 0) is 0 Å². The molecular weight excluding hydrogens is 335 g/mol. The van der Waals surface area contributed by atoms with Gasteiger partial charge in [-0.2, -0.15) is 13.2 Å². The first-order valence-corrected chi connectivity index (χ1v) is 7.92. The Bertz CT molecular complexity index is 673. The molecule has 0 saturated heterocycles. The van der Waals surface area contributed by atoms with Crippen LogP contribution in [0.1, 0.15) is 15.2 Å². The van der Waals surface area contributed by atoms with Crippen molar-refractivity contribution >= 4 is 34.1 Å². The lowest BCUT2D eigenvalue weighted by molar-refractivity contribution is -0.105. The zero-order valence-electron chi connectivity index (χ0n) is 11.7. The summed E-state index contributed by atoms with van der Waals surface area (Å²) in [4.78, 5) is 22.6. The summed E-state index contributed by atoms with van der Waals surface area (Å²) in [5.41, 5.74) is 0.273. The van der Waals surface area contributed by atoms with E-state index in [0.29, 0.717) is 16.9 Å². The lowest BCUT2D eigenvalue weighted by atomic mass is 10.2. The molecule has 22 heavy (non-hydrogen) atoms. The number of alkyl halides is 3. The van der Waals surface area contributed by atoms with Gasteiger partial charge in [0.25, 0.3) is 5.91 Å². The first kappa shape index (κ1) is 16.8. The molecule has 0 bridgehead atoms. The summed E-state index contributed by atoms with van der Waals surface area (Å²) in [6.45, 7) is 1.87. The number of aromatic nitrogens is 2. The van der Waals surface area contributed by atoms with Crippen molar-refractivity contribution < 1.29 is 18.0 Å². The normalized spacial score (nSPS) is 11.5. The van der Waals surface area contributed by atoms with Crippen molar-refractivity contribution in [3.63, 3.8) is 0 Å². The highest BCUT2D eigenvalue weighted by molar-refractivity contribution is 7.99. The van der Waals surface area contributed by atoms with E-state index in [4.69, 9.17) is 0 Å². The quantitative estimate of drug-likeness (QED) is 0.790. The Morgan fingerprint density at radius 2 is 2.14 bits per heavy atom. The molecule has 9 heteroatoms. The first-order chi connectivity index (χ1) is 10.3. The van der Waals surface area contributed by atoms with E-state index >= 15 is 0 Å². The van der Waals surface area contributed by atoms with E-state index in [1.807, 2.05) is 6.92 Å². The summed E-state index contributed by atoms with van der Waals surface area (Å²) in [5, 5.41) is 0.690. The van der Waals surface area contributed by atoms with Gasteiger partial charge in [-0.25, -0.2) is 9.97 Å². The lowest BCUT2D eigenvalue weighted by Crippen LogP contribution is -2.26. The molecule has 4 nitrogen and oxygen atoms in total. The predicted molar refractivity (Wildman–Crippen MR) is 80.6 cm³/mol. The fourth-order valence-electron chi connectivity index (χ4n) is 1.56. The molecule has 0 fully saturated rings. The van der Waals surface area contributed by atoms with Crippen LogP contribution in [0.3, 0.4) is 0 Å². The summed E-state index contributed by atoms with van der Waals surface area (Å²) in [6, 6.07) is 2.83. The van der Waals surface area contributed by atoms with Gasteiger partial charge < -0.3 is 0 Å². The van der Waals surface area contributed by atoms with Gasteiger partial charge >= 0.3 is 6.18 Å². The van der Waals surface area contributed by atoms with Gasteiger partial charge in [-0.1, -0.05) is 11.8 Å². The van der Waals surface area contributed by atoms with Gasteiger partial charge in [-0.05, 0) is 19.1 Å². The number of carbonyl (C=O) groups is 1. The van der Waals surface area contributed by atoms with Crippen molar-refractivity contribution in [1.82, 2.24) is 9.97 Å². The van der Waals surface area contributed by atoms with Crippen LogP contribution in [0.5, 0.6) is 0 Å². The van der Waals surface area contributed by atoms with Crippen LogP contribution in [0.15, 0.2) is 29.6 Å². The Morgan fingerprint density at radius 1 is 1.41 bits per heavy atom. The Hall–Kier alpha value is -1.61. The van der Waals surface area contributed by atoms with Crippen molar-refractivity contribution in [2.24, 2.45) is 0 Å². The second-order valence-electron chi connectivity index (χ2n) is 4.40. The van der Waals surface area contributed by atoms with Crippen LogP contribution in [0.4, 0.5) is 18.3 Å². The molecule has 0 atom stereocenters. The largest absolute Gasteiger partial charge is 0.398 e. The van der Waals surface area contributed by atoms with E-state index < -0.39 is 11.9 Å². The topological polar surface area (TPSA) is 46.1 Å². The molecule has 118 valence electrons. The van der Waals surface area contributed by atoms with Gasteiger partial charge in [-0.3, -0.25) is 9.69 Å². The number of hydrogen-bond acceptors (Lipinski definition) is 5. The molecule has 2 heterocycles. The number of pyridine rings is 1. The Morgan fingerprint density at radius 3 is 2.73 bits per heavy atom. The van der Waals surface area contributed by atoms with E-state index in [0.717, 1.165) is 4.88 Å². The van der Waals surface area contributed by atoms with Gasteiger partial charge in [0.2, 0.25) is 0 Å². The number of hydrogen-bond donors (Lipinski definition) is 0. The number of amides is 1. The van der Waals surface area contributed by atoms with Crippen LogP contribution in [0.25, 0.3) is 0 Å². The molecule has 0 aliphatic heterocycles. The monoisotopic (exact) mass is 347 g/mol. The van der Waals surface area contributed by atoms with Crippen molar-refractivity contribution in [3.05, 3.63) is 35.0 Å². The molecule has 0 N–H and O–H groups in total. The SMILES string of the molecule is Cc1cnc(N(C)C(=O)c2ccnc(SCC(F)(F)F)c2)s1. The van der Waals surface area contributed by atoms with Crippen LogP contribution >= 0.6 is 23.1 Å². The first-order valence-electron chi connectivity index (χ1n) is 6.12. The third kappa shape index (κ3) is 4.44. The van der Waals surface area contributed by atoms with Crippen molar-refractivity contribution in [3.8, 4) is 0 Å². The maximum atomic E-state index is 12.3. The summed E-state index contributed by atoms with van der Waals surface area (Å²) < 4.78 is 36.7. The molecule has 0 saturated carbocycles. The van der Waals surface area contributed by atoms with Crippen molar-refractivity contribution in [2.75, 3.05) is 17.7 Å². The minimum atomic E-state index is -4.28. The Labute approximate surface area is 133 Å². The molecule has 0 aliphatic rings. The number of anilines is 1. The molecule has 0 radical (unpaired) electrons. The number of rotatable bonds is 4. The average Bonchev–Trinajstić information content (AvgIpc) is 2.90. The third-order valence-electron chi connectivity index (χ3n) is 2.57. The fourth-order valence-corrected chi connectivity index (χ4v) is 2.93. The smallest absolute Gasteiger partial charge is 0.287 e. The standard InChI is InChI=1S/C13H12F3N3OS2/c1-8-6-18-12(22-8)19(2)11(20)9-3-4-17-10(5-9)21-7-13(14,15)16/h3-6H,7H2,1-2H3. The van der Waals surface area contributed by atoms with E-state index in [1.54, 1.807) is 13.2 Å². The minimum absolute atomic E-state index is 0.159. The maximum Gasteiger partial charge on any atom is 0.398 e. The fraction of sp³-hybridized carbons (Fsp3) is 0.308. The number of nitrogens with zero attached hydrogens (tertiary/aromatic N) is 3. The maximum absolute atomic E-state index is 12.3. The molecular formula is C13H12F3N3OS2. The van der Waals surface area contributed by atoms with Crippen molar-refractivity contribution in [1.29, 1.82) is 0 Å². The van der Waals surface area contributed by atoms with Crippen LogP contribution in [0.2, 0.25) is 0 Å². The van der Waals surface area contributed by atoms with Gasteiger partial charge in [0.15, 0.2) is 5.13 Å². The van der Waals surface area contributed by atoms with Gasteiger partial charge in [0.1, 0.15) is 0 Å². The highest BCUT2D eigenvalue weighted by Crippen LogP contribution is 2.27. The van der Waals surface area contributed by atoms with E-state index in [-0.39, 0.29) is 16.5 Å². The molecule has 1 amide bonds. The number of aryl methyl sites for hydroxylation is 1. The molecule has 0 aromatic carbocycles. The van der Waals surface area contributed by atoms with Gasteiger partial charge in [-0.15, -0.1) is 11.3 Å². The molecule has 0 unspecified atom stereocenters. The van der Waals surface area contributed by atoms with E-state index in [2.05, 4.69) is 9.97 Å². The van der Waals surface area contributed by atoms with E-state index in [1.165, 1.54) is 34.6 Å². The Balaban J connectivity index is 2.13. The number of thiazole rings is 1. The molecule has 0 aliphatic carbocycles. The summed E-state index contributed by atoms with van der Waals surface area (Å²) in [7, 11) is 1.57. The third-order valence-corrected chi connectivity index (χ3v) is 4.55. The highest BCUT2D eigenvalue weighted by Gasteiger charge is 2.27. The Kier molecular flexibility index (Phi) is 5.07. The van der Waals surface area contributed by atoms with Crippen LogP contribution in [-0.4, -0.2) is 34.9 Å². The molecule has 2 aromatic rings. The second kappa shape index (κ2) is 6.66. The zero-order valence-corrected chi connectivity index (χ0v) is 13.3. The van der Waals surface area contributed by atoms with Gasteiger partial charge in [0.05, 0.1) is 10.8 Å². The van der Waals surface area contributed by atoms with Crippen molar-refractivity contribution in [2.45, 2.75) is 18.1 Å². The summed E-state index contributed by atoms with van der Waals surface area (Å²) >= 11 is 1.91. The van der Waals surface area contributed by atoms with Crippen LogP contribution in [0, 0.1) is 6.92 Å². The number of halogens is 3. The highest BCUT2D eigenvalue weighted by atomic mass is 32.2. The number of carbonyl (C=O) groups excluding carboxylic acids is 1. The molecule has 2 aromatic heterocycles. The summed E-state index contributed by atoms with van der Waals surface area (Å²) in [6.07, 6.45) is -1.30. The van der Waals surface area contributed by atoms with E-state index in [9.17, 15) is 18.0 Å². The average molecular weight is 347 g/mol. The summed E-state index contributed by atoms with van der Waals surface area (Å²) in [5.74, 6) is -1.38. The second-order valence-corrected chi connectivity index (χ2v) is 6.61. The minimum Gasteiger partial charge on any atom is -0.287 e. The predicted octanol–water partition coefficient (Wildman–Crippen LogP) is 3.78. The lowest BCUT2D eigenvalue weighted by Gasteiger charge is -2.14. The molecule has 0 spiro atoms. The number of thioether (sulfide) groups is 1. The zero-order chi connectivity index (χ0) is 16.3.